The van der Waals surface area contributed by atoms with Gasteiger partial charge in [-0.25, -0.2) is 0 Å². The lowest BCUT2D eigenvalue weighted by Crippen LogP contribution is -2.57. The molecule has 1 saturated carbocycles. The van der Waals surface area contributed by atoms with E-state index in [4.69, 9.17) is 10.1 Å². The van der Waals surface area contributed by atoms with E-state index in [1.54, 1.807) is 25.3 Å². The van der Waals surface area contributed by atoms with Crippen molar-refractivity contribution in [2.75, 3.05) is 27.7 Å². The summed E-state index contributed by atoms with van der Waals surface area (Å²) in [6.07, 6.45) is 8.53. The van der Waals surface area contributed by atoms with Crippen LogP contribution < -0.4 is 10.6 Å². The SMILES string of the molecule is CN/C(C(=O)NCC1(N(C)C)CCC1)=C1/C=C(OCc2ccccc2)C=CC1=N. The van der Waals surface area contributed by atoms with Crippen LogP contribution in [-0.4, -0.2) is 49.7 Å². The first-order valence-electron chi connectivity index (χ1n) is 9.98. The summed E-state index contributed by atoms with van der Waals surface area (Å²) in [6, 6.07) is 9.90. The Kier molecular flexibility index (Phi) is 6.54. The maximum absolute atomic E-state index is 12.9. The van der Waals surface area contributed by atoms with Crippen molar-refractivity contribution in [2.45, 2.75) is 31.4 Å². The van der Waals surface area contributed by atoms with E-state index in [1.165, 1.54) is 6.42 Å². The molecule has 6 heteroatoms. The maximum atomic E-state index is 12.9. The third-order valence-corrected chi connectivity index (χ3v) is 5.80. The van der Waals surface area contributed by atoms with Gasteiger partial charge in [0.1, 0.15) is 18.1 Å². The molecule has 1 amide bonds. The van der Waals surface area contributed by atoms with Gasteiger partial charge in [0.05, 0.1) is 5.71 Å². The van der Waals surface area contributed by atoms with Gasteiger partial charge in [0, 0.05) is 24.7 Å². The summed E-state index contributed by atoms with van der Waals surface area (Å²) in [5.74, 6) is 0.429. The summed E-state index contributed by atoms with van der Waals surface area (Å²) in [5.41, 5.74) is 2.30. The number of amides is 1. The summed E-state index contributed by atoms with van der Waals surface area (Å²) in [5, 5.41) is 14.3. The van der Waals surface area contributed by atoms with Crippen molar-refractivity contribution in [1.29, 1.82) is 5.41 Å². The molecule has 1 fully saturated rings. The first-order valence-corrected chi connectivity index (χ1v) is 9.98. The smallest absolute Gasteiger partial charge is 0.268 e. The van der Waals surface area contributed by atoms with Gasteiger partial charge in [0.2, 0.25) is 0 Å². The molecule has 2 aliphatic rings. The molecule has 0 atom stereocenters. The van der Waals surface area contributed by atoms with Crippen molar-refractivity contribution in [3.8, 4) is 0 Å². The van der Waals surface area contributed by atoms with E-state index in [0.29, 0.717) is 30.2 Å². The van der Waals surface area contributed by atoms with E-state index >= 15 is 0 Å². The fraction of sp³-hybridized carbons (Fsp3) is 0.391. The zero-order valence-electron chi connectivity index (χ0n) is 17.4. The first-order chi connectivity index (χ1) is 13.9. The average molecular weight is 395 g/mol. The molecule has 0 radical (unpaired) electrons. The molecule has 3 N–H and O–H groups in total. The topological polar surface area (TPSA) is 77.5 Å². The number of nitrogens with one attached hydrogen (secondary N) is 3. The van der Waals surface area contributed by atoms with Crippen LogP contribution in [0.1, 0.15) is 24.8 Å². The van der Waals surface area contributed by atoms with Gasteiger partial charge in [0.15, 0.2) is 0 Å². The molecule has 3 rings (SSSR count). The number of rotatable bonds is 8. The molecule has 6 nitrogen and oxygen atoms in total. The Morgan fingerprint density at radius 2 is 1.93 bits per heavy atom. The van der Waals surface area contributed by atoms with Crippen molar-refractivity contribution in [2.24, 2.45) is 0 Å². The monoisotopic (exact) mass is 394 g/mol. The van der Waals surface area contributed by atoms with Gasteiger partial charge in [-0.1, -0.05) is 30.3 Å². The molecule has 154 valence electrons. The first kappa shape index (κ1) is 20.9. The minimum atomic E-state index is -0.200. The summed E-state index contributed by atoms with van der Waals surface area (Å²) < 4.78 is 5.87. The van der Waals surface area contributed by atoms with E-state index in [0.717, 1.165) is 18.4 Å². The van der Waals surface area contributed by atoms with Crippen LogP contribution in [0.2, 0.25) is 0 Å². The Hall–Kier alpha value is -2.86. The highest BCUT2D eigenvalue weighted by Gasteiger charge is 2.39. The van der Waals surface area contributed by atoms with Crippen LogP contribution in [0.25, 0.3) is 0 Å². The molecule has 0 bridgehead atoms. The van der Waals surface area contributed by atoms with E-state index in [1.807, 2.05) is 30.3 Å². The molecule has 0 unspecified atom stereocenters. The Balaban J connectivity index is 1.72. The van der Waals surface area contributed by atoms with Gasteiger partial charge in [-0.3, -0.25) is 4.79 Å². The Bertz CT molecular complexity index is 849. The zero-order chi connectivity index (χ0) is 20.9. The molecule has 0 aliphatic heterocycles. The Labute approximate surface area is 172 Å². The standard InChI is InChI=1S/C23H30N4O2/c1-25-21(22(28)26-16-23(27(2)3)12-7-13-23)19-14-18(10-11-20(19)24)29-15-17-8-5-4-6-9-17/h4-6,8-11,14,24-25H,7,12-13,15-16H2,1-3H3,(H,26,28)/b21-19-,24-20?. The second-order valence-electron chi connectivity index (χ2n) is 7.76. The van der Waals surface area contributed by atoms with Crippen molar-refractivity contribution < 1.29 is 9.53 Å². The van der Waals surface area contributed by atoms with Gasteiger partial charge >= 0.3 is 0 Å². The normalized spacial score (nSPS) is 19.3. The lowest BCUT2D eigenvalue weighted by atomic mass is 9.75. The fourth-order valence-corrected chi connectivity index (χ4v) is 3.63. The third-order valence-electron chi connectivity index (χ3n) is 5.80. The van der Waals surface area contributed by atoms with Crippen LogP contribution in [0.15, 0.2) is 65.6 Å². The van der Waals surface area contributed by atoms with Crippen molar-refractivity contribution in [3.63, 3.8) is 0 Å². The molecular formula is C23H30N4O2. The predicted octanol–water partition coefficient (Wildman–Crippen LogP) is 2.75. The summed E-state index contributed by atoms with van der Waals surface area (Å²) in [6.45, 7) is 1.03. The van der Waals surface area contributed by atoms with Gasteiger partial charge in [-0.15, -0.1) is 0 Å². The second kappa shape index (κ2) is 9.09. The number of allylic oxidation sites excluding steroid dienone is 4. The van der Waals surface area contributed by atoms with Gasteiger partial charge < -0.3 is 25.7 Å². The average Bonchev–Trinajstić information content (AvgIpc) is 2.68. The Morgan fingerprint density at radius 3 is 2.52 bits per heavy atom. The number of hydrogen-bond acceptors (Lipinski definition) is 5. The predicted molar refractivity (Wildman–Crippen MR) is 116 cm³/mol. The number of hydrogen-bond donors (Lipinski definition) is 3. The van der Waals surface area contributed by atoms with Crippen LogP contribution in [-0.2, 0) is 16.1 Å². The molecular weight excluding hydrogens is 364 g/mol. The minimum absolute atomic E-state index is 0.0406. The summed E-state index contributed by atoms with van der Waals surface area (Å²) in [4.78, 5) is 15.1. The number of carbonyl (C=O) groups is 1. The lowest BCUT2D eigenvalue weighted by molar-refractivity contribution is -0.118. The number of carbonyl (C=O) groups excluding carboxylic acids is 1. The summed E-state index contributed by atoms with van der Waals surface area (Å²) >= 11 is 0. The van der Waals surface area contributed by atoms with Crippen molar-refractivity contribution in [3.05, 3.63) is 71.2 Å². The van der Waals surface area contributed by atoms with Crippen LogP contribution in [0.3, 0.4) is 0 Å². The molecule has 29 heavy (non-hydrogen) atoms. The third kappa shape index (κ3) is 4.77. The highest BCUT2D eigenvalue weighted by Crippen LogP contribution is 2.35. The molecule has 0 heterocycles. The Morgan fingerprint density at radius 1 is 1.21 bits per heavy atom. The van der Waals surface area contributed by atoms with E-state index in [2.05, 4.69) is 29.6 Å². The van der Waals surface area contributed by atoms with Gasteiger partial charge in [0.25, 0.3) is 5.91 Å². The van der Waals surface area contributed by atoms with E-state index in [9.17, 15) is 4.79 Å². The molecule has 0 spiro atoms. The maximum Gasteiger partial charge on any atom is 0.268 e. The van der Waals surface area contributed by atoms with Crippen LogP contribution in [0, 0.1) is 5.41 Å². The van der Waals surface area contributed by atoms with E-state index in [-0.39, 0.29) is 17.2 Å². The van der Waals surface area contributed by atoms with E-state index < -0.39 is 0 Å². The van der Waals surface area contributed by atoms with Gasteiger partial charge in [-0.05, 0) is 57.1 Å². The highest BCUT2D eigenvalue weighted by atomic mass is 16.5. The molecule has 1 aromatic carbocycles. The fourth-order valence-electron chi connectivity index (χ4n) is 3.63. The number of nitrogens with zero attached hydrogens (tertiary/aromatic N) is 1. The second-order valence-corrected chi connectivity index (χ2v) is 7.76. The molecule has 0 aromatic heterocycles. The lowest BCUT2D eigenvalue weighted by Gasteiger charge is -2.47. The van der Waals surface area contributed by atoms with Crippen LogP contribution >= 0.6 is 0 Å². The molecule has 1 aromatic rings. The summed E-state index contributed by atoms with van der Waals surface area (Å²) in [7, 11) is 5.82. The largest absolute Gasteiger partial charge is 0.489 e. The number of likely N-dealkylation sites (N-methyl/N-ethyl adjacent to an activating group) is 2. The quantitative estimate of drug-likeness (QED) is 0.593. The zero-order valence-corrected chi connectivity index (χ0v) is 17.4. The highest BCUT2D eigenvalue weighted by molar-refractivity contribution is 6.14. The minimum Gasteiger partial charge on any atom is -0.489 e. The van der Waals surface area contributed by atoms with Crippen LogP contribution in [0.4, 0.5) is 0 Å². The number of ether oxygens (including phenoxy) is 1. The molecule has 2 aliphatic carbocycles. The van der Waals surface area contributed by atoms with Crippen molar-refractivity contribution in [1.82, 2.24) is 15.5 Å². The molecule has 0 saturated heterocycles. The number of benzene rings is 1. The van der Waals surface area contributed by atoms with Crippen molar-refractivity contribution >= 4 is 11.6 Å². The van der Waals surface area contributed by atoms with Gasteiger partial charge in [-0.2, -0.15) is 0 Å². The van der Waals surface area contributed by atoms with Crippen LogP contribution in [0.5, 0.6) is 0 Å².